The number of hydrogen-bond acceptors (Lipinski definition) is 4. The van der Waals surface area contributed by atoms with Crippen LogP contribution in [0.4, 0.5) is 5.69 Å². The molecule has 1 heterocycles. The smallest absolute Gasteiger partial charge is 0.321 e. The SMILES string of the molecule is CC[C@@]1(c2ccccc2)C(=O)O[C@@H]1c1ccccc1[N+](=O)[O-]. The minimum atomic E-state index is -0.854. The highest BCUT2D eigenvalue weighted by atomic mass is 16.6. The Labute approximate surface area is 127 Å². The number of rotatable bonds is 4. The molecular formula is C17H15NO4. The highest BCUT2D eigenvalue weighted by Crippen LogP contribution is 2.53. The summed E-state index contributed by atoms with van der Waals surface area (Å²) in [7, 11) is 0. The lowest BCUT2D eigenvalue weighted by Gasteiger charge is -2.46. The van der Waals surface area contributed by atoms with Gasteiger partial charge in [0.05, 0.1) is 10.5 Å². The zero-order valence-electron chi connectivity index (χ0n) is 12.1. The topological polar surface area (TPSA) is 69.4 Å². The summed E-state index contributed by atoms with van der Waals surface area (Å²) in [6.07, 6.45) is -0.110. The summed E-state index contributed by atoms with van der Waals surface area (Å²) in [6.45, 7) is 1.90. The number of nitro benzene ring substituents is 1. The van der Waals surface area contributed by atoms with Crippen LogP contribution in [-0.4, -0.2) is 10.9 Å². The molecule has 1 saturated heterocycles. The molecule has 112 valence electrons. The first-order valence-electron chi connectivity index (χ1n) is 7.11. The maximum absolute atomic E-state index is 12.3. The van der Waals surface area contributed by atoms with Crippen LogP contribution in [0.3, 0.4) is 0 Å². The van der Waals surface area contributed by atoms with Crippen molar-refractivity contribution in [1.82, 2.24) is 0 Å². The normalized spacial score (nSPS) is 23.5. The summed E-state index contributed by atoms with van der Waals surface area (Å²) >= 11 is 0. The monoisotopic (exact) mass is 297 g/mol. The summed E-state index contributed by atoms with van der Waals surface area (Å²) in [5.41, 5.74) is 0.399. The number of cyclic esters (lactones) is 1. The van der Waals surface area contributed by atoms with Gasteiger partial charge in [-0.1, -0.05) is 49.4 Å². The van der Waals surface area contributed by atoms with Gasteiger partial charge in [-0.3, -0.25) is 14.9 Å². The lowest BCUT2D eigenvalue weighted by Crippen LogP contribution is -2.54. The zero-order valence-corrected chi connectivity index (χ0v) is 12.1. The Morgan fingerprint density at radius 3 is 2.36 bits per heavy atom. The third-order valence-corrected chi connectivity index (χ3v) is 4.30. The first kappa shape index (κ1) is 14.3. The van der Waals surface area contributed by atoms with Crippen molar-refractivity contribution in [2.75, 3.05) is 0 Å². The number of benzene rings is 2. The van der Waals surface area contributed by atoms with Crippen LogP contribution in [-0.2, 0) is 14.9 Å². The Bertz CT molecular complexity index is 728. The number of ether oxygens (including phenoxy) is 1. The molecule has 1 fully saturated rings. The van der Waals surface area contributed by atoms with E-state index in [0.717, 1.165) is 5.56 Å². The summed E-state index contributed by atoms with van der Waals surface area (Å²) < 4.78 is 5.33. The van der Waals surface area contributed by atoms with E-state index >= 15 is 0 Å². The molecule has 22 heavy (non-hydrogen) atoms. The predicted octanol–water partition coefficient (Wildman–Crippen LogP) is 3.54. The molecule has 1 aliphatic rings. The maximum atomic E-state index is 12.3. The molecule has 0 N–H and O–H groups in total. The molecule has 0 aliphatic carbocycles. The summed E-state index contributed by atoms with van der Waals surface area (Å²) in [6, 6.07) is 15.7. The molecule has 0 saturated carbocycles. The Balaban J connectivity index is 2.13. The van der Waals surface area contributed by atoms with Gasteiger partial charge >= 0.3 is 5.97 Å². The van der Waals surface area contributed by atoms with Gasteiger partial charge in [-0.2, -0.15) is 0 Å². The maximum Gasteiger partial charge on any atom is 0.321 e. The number of hydrogen-bond donors (Lipinski definition) is 0. The molecule has 0 aromatic heterocycles. The third kappa shape index (κ3) is 1.89. The van der Waals surface area contributed by atoms with E-state index in [1.54, 1.807) is 18.2 Å². The Morgan fingerprint density at radius 1 is 1.14 bits per heavy atom. The fourth-order valence-electron chi connectivity index (χ4n) is 3.10. The quantitative estimate of drug-likeness (QED) is 0.491. The van der Waals surface area contributed by atoms with Crippen LogP contribution in [0, 0.1) is 10.1 Å². The number of para-hydroxylation sites is 1. The van der Waals surface area contributed by atoms with Crippen LogP contribution in [0.1, 0.15) is 30.6 Å². The molecule has 3 rings (SSSR count). The fourth-order valence-corrected chi connectivity index (χ4v) is 3.10. The highest BCUT2D eigenvalue weighted by molar-refractivity contribution is 5.90. The molecule has 0 radical (unpaired) electrons. The molecule has 0 unspecified atom stereocenters. The molecule has 5 heteroatoms. The standard InChI is InChI=1S/C17H15NO4/c1-2-17(12-8-4-3-5-9-12)15(22-16(17)19)13-10-6-7-11-14(13)18(20)21/h3-11,15H,2H2,1H3/t15-,17+/m1/s1. The van der Waals surface area contributed by atoms with Crippen LogP contribution in [0.15, 0.2) is 54.6 Å². The molecule has 2 aromatic rings. The van der Waals surface area contributed by atoms with E-state index < -0.39 is 16.4 Å². The van der Waals surface area contributed by atoms with Crippen molar-refractivity contribution in [2.24, 2.45) is 0 Å². The Kier molecular flexibility index (Phi) is 3.41. The van der Waals surface area contributed by atoms with Gasteiger partial charge in [-0.15, -0.1) is 0 Å². The van der Waals surface area contributed by atoms with E-state index in [-0.39, 0.29) is 11.7 Å². The minimum absolute atomic E-state index is 0.0197. The molecule has 0 amide bonds. The molecule has 1 aliphatic heterocycles. The van der Waals surface area contributed by atoms with E-state index in [9.17, 15) is 14.9 Å². The summed E-state index contributed by atoms with van der Waals surface area (Å²) in [4.78, 5) is 23.1. The zero-order chi connectivity index (χ0) is 15.7. The summed E-state index contributed by atoms with van der Waals surface area (Å²) in [5.74, 6) is -0.329. The molecule has 0 spiro atoms. The Morgan fingerprint density at radius 2 is 1.77 bits per heavy atom. The lowest BCUT2D eigenvalue weighted by molar-refractivity contribution is -0.386. The molecule has 5 nitrogen and oxygen atoms in total. The van der Waals surface area contributed by atoms with Gasteiger partial charge in [0.25, 0.3) is 5.69 Å². The second-order valence-electron chi connectivity index (χ2n) is 5.29. The molecule has 0 bridgehead atoms. The highest BCUT2D eigenvalue weighted by Gasteiger charge is 2.59. The number of nitro groups is 1. The van der Waals surface area contributed by atoms with Crippen molar-refractivity contribution in [3.8, 4) is 0 Å². The fraction of sp³-hybridized carbons (Fsp3) is 0.235. The summed E-state index contributed by atoms with van der Waals surface area (Å²) in [5, 5.41) is 11.2. The van der Waals surface area contributed by atoms with Gasteiger partial charge < -0.3 is 4.74 Å². The van der Waals surface area contributed by atoms with Crippen LogP contribution in [0.5, 0.6) is 0 Å². The average Bonchev–Trinajstić information content (AvgIpc) is 2.54. The van der Waals surface area contributed by atoms with Gasteiger partial charge in [0, 0.05) is 6.07 Å². The predicted molar refractivity (Wildman–Crippen MR) is 80.3 cm³/mol. The van der Waals surface area contributed by atoms with Gasteiger partial charge in [0.2, 0.25) is 0 Å². The van der Waals surface area contributed by atoms with E-state index in [0.29, 0.717) is 12.0 Å². The van der Waals surface area contributed by atoms with Crippen molar-refractivity contribution >= 4 is 11.7 Å². The number of carbonyl (C=O) groups excluding carboxylic acids is 1. The van der Waals surface area contributed by atoms with Crippen LogP contribution in [0.25, 0.3) is 0 Å². The molecular weight excluding hydrogens is 282 g/mol. The van der Waals surface area contributed by atoms with Crippen molar-refractivity contribution in [3.05, 3.63) is 75.8 Å². The minimum Gasteiger partial charge on any atom is -0.455 e. The average molecular weight is 297 g/mol. The first-order chi connectivity index (χ1) is 10.6. The Hall–Kier alpha value is -2.69. The van der Waals surface area contributed by atoms with E-state index in [1.807, 2.05) is 37.3 Å². The second-order valence-corrected chi connectivity index (χ2v) is 5.29. The van der Waals surface area contributed by atoms with Gasteiger partial charge in [0.15, 0.2) is 6.10 Å². The second kappa shape index (κ2) is 5.26. The first-order valence-corrected chi connectivity index (χ1v) is 7.11. The van der Waals surface area contributed by atoms with Gasteiger partial charge in [0.1, 0.15) is 5.41 Å². The van der Waals surface area contributed by atoms with Gasteiger partial charge in [-0.05, 0) is 18.1 Å². The van der Waals surface area contributed by atoms with Crippen LogP contribution < -0.4 is 0 Å². The van der Waals surface area contributed by atoms with E-state index in [4.69, 9.17) is 4.74 Å². The largest absolute Gasteiger partial charge is 0.455 e. The van der Waals surface area contributed by atoms with Crippen LogP contribution in [0.2, 0.25) is 0 Å². The van der Waals surface area contributed by atoms with Gasteiger partial charge in [-0.25, -0.2) is 0 Å². The lowest BCUT2D eigenvalue weighted by atomic mass is 9.67. The van der Waals surface area contributed by atoms with Crippen molar-refractivity contribution in [3.63, 3.8) is 0 Å². The van der Waals surface area contributed by atoms with E-state index in [2.05, 4.69) is 0 Å². The van der Waals surface area contributed by atoms with E-state index in [1.165, 1.54) is 6.07 Å². The third-order valence-electron chi connectivity index (χ3n) is 4.30. The number of carbonyl (C=O) groups is 1. The number of esters is 1. The molecule has 2 aromatic carbocycles. The van der Waals surface area contributed by atoms with Crippen molar-refractivity contribution in [1.29, 1.82) is 0 Å². The molecule has 2 atom stereocenters. The number of nitrogens with zero attached hydrogens (tertiary/aromatic N) is 1. The van der Waals surface area contributed by atoms with Crippen molar-refractivity contribution < 1.29 is 14.5 Å². The van der Waals surface area contributed by atoms with Crippen LogP contribution >= 0.6 is 0 Å². The van der Waals surface area contributed by atoms with Crippen molar-refractivity contribution in [2.45, 2.75) is 24.9 Å².